The Morgan fingerprint density at radius 2 is 1.57 bits per heavy atom. The van der Waals surface area contributed by atoms with Gasteiger partial charge in [0.05, 0.1) is 12.0 Å². The zero-order chi connectivity index (χ0) is 11.0. The molecule has 0 fully saturated rings. The van der Waals surface area contributed by atoms with E-state index < -0.39 is 11.4 Å². The van der Waals surface area contributed by atoms with Gasteiger partial charge in [-0.3, -0.25) is 4.79 Å². The summed E-state index contributed by atoms with van der Waals surface area (Å²) in [6.45, 7) is 3.83. The van der Waals surface area contributed by atoms with Crippen molar-refractivity contribution in [3.63, 3.8) is 0 Å². The molecule has 0 bridgehead atoms. The molecule has 0 atom stereocenters. The van der Waals surface area contributed by atoms with Crippen LogP contribution in [0.1, 0.15) is 52.4 Å². The Bertz CT molecular complexity index is 158. The van der Waals surface area contributed by atoms with E-state index in [1.807, 2.05) is 13.8 Å². The van der Waals surface area contributed by atoms with Crippen LogP contribution in [0.5, 0.6) is 0 Å². The zero-order valence-electron chi connectivity index (χ0n) is 9.25. The second-order valence-corrected chi connectivity index (χ2v) is 3.95. The Labute approximate surface area is 86.1 Å². The van der Waals surface area contributed by atoms with Crippen molar-refractivity contribution in [1.29, 1.82) is 0 Å². The van der Waals surface area contributed by atoms with Gasteiger partial charge in [-0.05, 0) is 12.8 Å². The summed E-state index contributed by atoms with van der Waals surface area (Å²) in [7, 11) is 0. The van der Waals surface area contributed by atoms with Crippen LogP contribution in [0.15, 0.2) is 0 Å². The molecule has 0 saturated heterocycles. The van der Waals surface area contributed by atoms with Gasteiger partial charge in [-0.15, -0.1) is 0 Å². The van der Waals surface area contributed by atoms with E-state index in [0.29, 0.717) is 12.8 Å². The van der Waals surface area contributed by atoms with Crippen LogP contribution in [0.3, 0.4) is 0 Å². The maximum Gasteiger partial charge on any atom is 0.311 e. The summed E-state index contributed by atoms with van der Waals surface area (Å²) in [5.74, 6) is -0.845. The number of hydrogen-bond donors (Lipinski definition) is 2. The molecule has 0 aliphatic heterocycles. The Kier molecular flexibility index (Phi) is 6.54. The van der Waals surface area contributed by atoms with Gasteiger partial charge in [0, 0.05) is 0 Å². The molecule has 3 nitrogen and oxygen atoms in total. The third-order valence-electron chi connectivity index (χ3n) is 2.77. The van der Waals surface area contributed by atoms with Gasteiger partial charge in [-0.1, -0.05) is 39.5 Å². The molecule has 0 amide bonds. The molecule has 0 aliphatic carbocycles. The van der Waals surface area contributed by atoms with Crippen LogP contribution in [0.25, 0.3) is 0 Å². The van der Waals surface area contributed by atoms with E-state index in [2.05, 4.69) is 0 Å². The summed E-state index contributed by atoms with van der Waals surface area (Å²) in [5.41, 5.74) is -0.883. The van der Waals surface area contributed by atoms with Crippen LogP contribution in [-0.4, -0.2) is 22.8 Å². The van der Waals surface area contributed by atoms with Crippen molar-refractivity contribution < 1.29 is 15.0 Å². The van der Waals surface area contributed by atoms with Crippen molar-refractivity contribution in [2.24, 2.45) is 5.41 Å². The first-order valence-electron chi connectivity index (χ1n) is 5.47. The number of unbranched alkanes of at least 4 members (excludes halogenated alkanes) is 2. The summed E-state index contributed by atoms with van der Waals surface area (Å²) < 4.78 is 0. The Morgan fingerprint density at radius 3 is 1.79 bits per heavy atom. The van der Waals surface area contributed by atoms with Gasteiger partial charge in [0.2, 0.25) is 0 Å². The molecule has 0 aliphatic rings. The predicted octanol–water partition coefficient (Wildman–Crippen LogP) is 2.43. The van der Waals surface area contributed by atoms with Crippen molar-refractivity contribution in [1.82, 2.24) is 0 Å². The van der Waals surface area contributed by atoms with E-state index in [-0.39, 0.29) is 6.61 Å². The minimum absolute atomic E-state index is 0.234. The molecule has 0 saturated carbocycles. The zero-order valence-corrected chi connectivity index (χ0v) is 9.25. The Hall–Kier alpha value is -0.570. The molecule has 0 rings (SSSR count). The van der Waals surface area contributed by atoms with E-state index in [1.54, 1.807) is 0 Å². The van der Waals surface area contributed by atoms with Crippen molar-refractivity contribution in [2.45, 2.75) is 52.4 Å². The second-order valence-electron chi connectivity index (χ2n) is 3.95. The van der Waals surface area contributed by atoms with E-state index in [1.165, 1.54) is 0 Å². The van der Waals surface area contributed by atoms with E-state index >= 15 is 0 Å². The maximum atomic E-state index is 11.1. The number of aliphatic carboxylic acids is 1. The third-order valence-corrected chi connectivity index (χ3v) is 2.77. The summed E-state index contributed by atoms with van der Waals surface area (Å²) in [5, 5.41) is 18.3. The molecular weight excluding hydrogens is 180 g/mol. The molecule has 84 valence electrons. The van der Waals surface area contributed by atoms with E-state index in [9.17, 15) is 9.90 Å². The number of rotatable bonds is 8. The van der Waals surface area contributed by atoms with Gasteiger partial charge in [-0.25, -0.2) is 0 Å². The van der Waals surface area contributed by atoms with Gasteiger partial charge in [0.15, 0.2) is 0 Å². The number of carbonyl (C=O) groups is 1. The molecule has 0 aromatic heterocycles. The van der Waals surface area contributed by atoms with E-state index in [0.717, 1.165) is 25.7 Å². The highest BCUT2D eigenvalue weighted by Gasteiger charge is 2.36. The van der Waals surface area contributed by atoms with Gasteiger partial charge in [-0.2, -0.15) is 0 Å². The Morgan fingerprint density at radius 1 is 1.14 bits per heavy atom. The average molecular weight is 202 g/mol. The van der Waals surface area contributed by atoms with Crippen LogP contribution in [0, 0.1) is 5.41 Å². The standard InChI is InChI=1S/C11H22O3/c1-3-5-7-11(9-12,10(13)14)8-6-4-2/h12H,3-9H2,1-2H3,(H,13,14). The SMILES string of the molecule is CCCCC(CO)(CCCC)C(=O)O. The molecule has 0 radical (unpaired) electrons. The molecule has 0 aromatic rings. The predicted molar refractivity (Wildman–Crippen MR) is 56.2 cm³/mol. The first kappa shape index (κ1) is 13.4. The molecule has 0 aromatic carbocycles. The van der Waals surface area contributed by atoms with Crippen LogP contribution >= 0.6 is 0 Å². The Balaban J connectivity index is 4.35. The number of aliphatic hydroxyl groups is 1. The van der Waals surface area contributed by atoms with Gasteiger partial charge < -0.3 is 10.2 Å². The van der Waals surface area contributed by atoms with Gasteiger partial charge in [0.25, 0.3) is 0 Å². The topological polar surface area (TPSA) is 57.5 Å². The average Bonchev–Trinajstić information content (AvgIpc) is 2.18. The first-order valence-corrected chi connectivity index (χ1v) is 5.47. The number of hydrogen-bond acceptors (Lipinski definition) is 2. The summed E-state index contributed by atoms with van der Waals surface area (Å²) >= 11 is 0. The number of aliphatic hydroxyl groups excluding tert-OH is 1. The van der Waals surface area contributed by atoms with Crippen LogP contribution < -0.4 is 0 Å². The smallest absolute Gasteiger partial charge is 0.311 e. The lowest BCUT2D eigenvalue weighted by Gasteiger charge is -2.26. The fourth-order valence-corrected chi connectivity index (χ4v) is 1.59. The monoisotopic (exact) mass is 202 g/mol. The van der Waals surface area contributed by atoms with Crippen LogP contribution in [-0.2, 0) is 4.79 Å². The summed E-state index contributed by atoms with van der Waals surface area (Å²) in [6.07, 6.45) is 4.88. The lowest BCUT2D eigenvalue weighted by atomic mass is 9.79. The molecule has 3 heteroatoms. The highest BCUT2D eigenvalue weighted by molar-refractivity contribution is 5.74. The molecule has 14 heavy (non-hydrogen) atoms. The van der Waals surface area contributed by atoms with Crippen molar-refractivity contribution in [3.8, 4) is 0 Å². The highest BCUT2D eigenvalue weighted by atomic mass is 16.4. The fraction of sp³-hybridized carbons (Fsp3) is 0.909. The second kappa shape index (κ2) is 6.82. The minimum atomic E-state index is -0.883. The highest BCUT2D eigenvalue weighted by Crippen LogP contribution is 2.30. The third kappa shape index (κ3) is 3.66. The van der Waals surface area contributed by atoms with Gasteiger partial charge >= 0.3 is 5.97 Å². The molecule has 2 N–H and O–H groups in total. The van der Waals surface area contributed by atoms with Crippen molar-refractivity contribution in [3.05, 3.63) is 0 Å². The van der Waals surface area contributed by atoms with E-state index in [4.69, 9.17) is 5.11 Å². The van der Waals surface area contributed by atoms with Crippen molar-refractivity contribution >= 4 is 5.97 Å². The van der Waals surface area contributed by atoms with Crippen molar-refractivity contribution in [2.75, 3.05) is 6.61 Å². The lowest BCUT2D eigenvalue weighted by Crippen LogP contribution is -2.34. The number of carboxylic acid groups (broad SMARTS) is 1. The quantitative estimate of drug-likeness (QED) is 0.635. The molecule has 0 heterocycles. The first-order chi connectivity index (χ1) is 6.63. The maximum absolute atomic E-state index is 11.1. The summed E-state index contributed by atoms with van der Waals surface area (Å²) in [6, 6.07) is 0. The molecule has 0 unspecified atom stereocenters. The fourth-order valence-electron chi connectivity index (χ4n) is 1.59. The molecular formula is C11H22O3. The number of carboxylic acids is 1. The van der Waals surface area contributed by atoms with Crippen LogP contribution in [0.2, 0.25) is 0 Å². The van der Waals surface area contributed by atoms with Gasteiger partial charge in [0.1, 0.15) is 0 Å². The normalized spacial score (nSPS) is 11.6. The minimum Gasteiger partial charge on any atom is -0.481 e. The van der Waals surface area contributed by atoms with Crippen LogP contribution in [0.4, 0.5) is 0 Å². The summed E-state index contributed by atoms with van der Waals surface area (Å²) in [4.78, 5) is 11.1. The molecule has 0 spiro atoms. The largest absolute Gasteiger partial charge is 0.481 e. The lowest BCUT2D eigenvalue weighted by molar-refractivity contribution is -0.152.